The second-order valence-electron chi connectivity index (χ2n) is 8.06. The molecule has 7 heteroatoms. The van der Waals surface area contributed by atoms with Crippen LogP contribution < -0.4 is 10.5 Å². The average molecular weight is 394 g/mol. The van der Waals surface area contributed by atoms with Crippen LogP contribution in [0.3, 0.4) is 0 Å². The van der Waals surface area contributed by atoms with Crippen molar-refractivity contribution in [1.82, 2.24) is 14.5 Å². The molecule has 0 amide bonds. The molecule has 1 saturated carbocycles. The fourth-order valence-electron chi connectivity index (χ4n) is 4.40. The number of aliphatic hydroxyl groups is 1. The van der Waals surface area contributed by atoms with Gasteiger partial charge in [-0.25, -0.2) is 9.97 Å². The summed E-state index contributed by atoms with van der Waals surface area (Å²) < 4.78 is 13.8. The predicted molar refractivity (Wildman–Crippen MR) is 111 cm³/mol. The maximum absolute atomic E-state index is 9.37. The molecule has 0 bridgehead atoms. The molecule has 1 atom stereocenters. The molecule has 29 heavy (non-hydrogen) atoms. The summed E-state index contributed by atoms with van der Waals surface area (Å²) in [6, 6.07) is 8.39. The molecular weight excluding hydrogens is 368 g/mol. The molecule has 2 aliphatic rings. The van der Waals surface area contributed by atoms with E-state index in [-0.39, 0.29) is 12.7 Å². The normalized spacial score (nSPS) is 24.0. The Balaban J connectivity index is 1.47. The van der Waals surface area contributed by atoms with Crippen LogP contribution in [0.25, 0.3) is 22.2 Å². The van der Waals surface area contributed by atoms with E-state index in [2.05, 4.69) is 26.8 Å². The van der Waals surface area contributed by atoms with E-state index in [4.69, 9.17) is 15.2 Å². The zero-order valence-corrected chi connectivity index (χ0v) is 16.3. The number of hydrogen-bond acceptors (Lipinski definition) is 6. The minimum Gasteiger partial charge on any atom is -0.491 e. The molecule has 1 aliphatic heterocycles. The minimum absolute atomic E-state index is 0.183. The first kappa shape index (κ1) is 18.4. The van der Waals surface area contributed by atoms with E-state index in [9.17, 15) is 5.11 Å². The Bertz CT molecular complexity index is 1010. The molecule has 3 aromatic rings. The standard InChI is InChI=1S/C22H26N4O3/c23-21-20-19(10-26(22(20)25-13-24-21)16-7-14(8-16)11-27)15-3-1-4-17(9-15)29-12-18-5-2-6-28-18/h1,3-4,9-10,13-14,16,18,27H,2,5-8,11-12H2,(H2,23,24,25). The zero-order valence-electron chi connectivity index (χ0n) is 16.3. The second kappa shape index (κ2) is 7.65. The number of nitrogens with two attached hydrogens (primary N) is 1. The number of hydrogen-bond donors (Lipinski definition) is 2. The Morgan fingerprint density at radius 3 is 2.97 bits per heavy atom. The van der Waals surface area contributed by atoms with Crippen molar-refractivity contribution < 1.29 is 14.6 Å². The molecule has 7 nitrogen and oxygen atoms in total. The Labute approximate surface area is 169 Å². The number of rotatable bonds is 6. The third-order valence-corrected chi connectivity index (χ3v) is 6.11. The minimum atomic E-state index is 0.183. The van der Waals surface area contributed by atoms with E-state index >= 15 is 0 Å². The number of aromatic nitrogens is 3. The van der Waals surface area contributed by atoms with Gasteiger partial charge in [-0.1, -0.05) is 12.1 Å². The number of benzene rings is 1. The topological polar surface area (TPSA) is 95.4 Å². The molecule has 1 aliphatic carbocycles. The second-order valence-corrected chi connectivity index (χ2v) is 8.06. The maximum atomic E-state index is 9.37. The van der Waals surface area contributed by atoms with Gasteiger partial charge in [-0.2, -0.15) is 0 Å². The highest BCUT2D eigenvalue weighted by Crippen LogP contribution is 2.42. The van der Waals surface area contributed by atoms with Gasteiger partial charge in [0.15, 0.2) is 0 Å². The molecule has 3 N–H and O–H groups in total. The average Bonchev–Trinajstić information content (AvgIpc) is 3.35. The summed E-state index contributed by atoms with van der Waals surface area (Å²) in [5, 5.41) is 10.2. The van der Waals surface area contributed by atoms with E-state index < -0.39 is 0 Å². The summed E-state index contributed by atoms with van der Waals surface area (Å²) in [5.74, 6) is 1.67. The first-order valence-corrected chi connectivity index (χ1v) is 10.3. The lowest BCUT2D eigenvalue weighted by atomic mass is 9.81. The van der Waals surface area contributed by atoms with Crippen LogP contribution in [0.1, 0.15) is 31.7 Å². The van der Waals surface area contributed by atoms with E-state index in [0.29, 0.717) is 24.4 Å². The number of fused-ring (bicyclic) bond motifs is 1. The predicted octanol–water partition coefficient (Wildman–Crippen LogP) is 3.18. The lowest BCUT2D eigenvalue weighted by molar-refractivity contribution is 0.0680. The number of nitrogen functional groups attached to an aromatic ring is 1. The Morgan fingerprint density at radius 2 is 2.17 bits per heavy atom. The quantitative estimate of drug-likeness (QED) is 0.667. The third-order valence-electron chi connectivity index (χ3n) is 6.11. The van der Waals surface area contributed by atoms with Crippen molar-refractivity contribution in [3.05, 3.63) is 36.8 Å². The summed E-state index contributed by atoms with van der Waals surface area (Å²) in [7, 11) is 0. The summed E-state index contributed by atoms with van der Waals surface area (Å²) in [6.07, 6.45) is 7.88. The lowest BCUT2D eigenvalue weighted by Crippen LogP contribution is -2.28. The Morgan fingerprint density at radius 1 is 1.28 bits per heavy atom. The van der Waals surface area contributed by atoms with Crippen LogP contribution in [0.4, 0.5) is 5.82 Å². The van der Waals surface area contributed by atoms with Gasteiger partial charge in [0.2, 0.25) is 0 Å². The largest absolute Gasteiger partial charge is 0.491 e. The molecule has 5 rings (SSSR count). The van der Waals surface area contributed by atoms with Crippen molar-refractivity contribution in [3.63, 3.8) is 0 Å². The van der Waals surface area contributed by atoms with Gasteiger partial charge >= 0.3 is 0 Å². The molecule has 3 heterocycles. The summed E-state index contributed by atoms with van der Waals surface area (Å²) in [5.41, 5.74) is 9.13. The number of aliphatic hydroxyl groups excluding tert-OH is 1. The first-order valence-electron chi connectivity index (χ1n) is 10.3. The molecule has 1 aromatic carbocycles. The van der Waals surface area contributed by atoms with Gasteiger partial charge in [0.05, 0.1) is 11.5 Å². The highest BCUT2D eigenvalue weighted by Gasteiger charge is 2.32. The first-order chi connectivity index (χ1) is 14.2. The third kappa shape index (κ3) is 3.45. The SMILES string of the molecule is Nc1ncnc2c1c(-c1cccc(OCC3CCCO3)c1)cn2C1CC(CO)C1. The lowest BCUT2D eigenvalue weighted by Gasteiger charge is -2.35. The Kier molecular flexibility index (Phi) is 4.85. The van der Waals surface area contributed by atoms with Crippen molar-refractivity contribution in [2.45, 2.75) is 37.8 Å². The van der Waals surface area contributed by atoms with Crippen LogP contribution in [-0.2, 0) is 4.74 Å². The number of anilines is 1. The fourth-order valence-corrected chi connectivity index (χ4v) is 4.40. The smallest absolute Gasteiger partial charge is 0.146 e. The highest BCUT2D eigenvalue weighted by molar-refractivity contribution is 6.00. The van der Waals surface area contributed by atoms with Gasteiger partial charge in [-0.3, -0.25) is 0 Å². The van der Waals surface area contributed by atoms with Crippen molar-refractivity contribution in [2.75, 3.05) is 25.6 Å². The van der Waals surface area contributed by atoms with Gasteiger partial charge in [-0.15, -0.1) is 0 Å². The van der Waals surface area contributed by atoms with Crippen molar-refractivity contribution in [3.8, 4) is 16.9 Å². The van der Waals surface area contributed by atoms with Gasteiger partial charge in [0, 0.05) is 31.0 Å². The molecule has 2 fully saturated rings. The molecule has 1 saturated heterocycles. The monoisotopic (exact) mass is 394 g/mol. The Hall–Kier alpha value is -2.64. The van der Waals surface area contributed by atoms with Crippen LogP contribution in [0.5, 0.6) is 5.75 Å². The summed E-state index contributed by atoms with van der Waals surface area (Å²) >= 11 is 0. The molecule has 152 valence electrons. The highest BCUT2D eigenvalue weighted by atomic mass is 16.5. The van der Waals surface area contributed by atoms with E-state index in [1.165, 1.54) is 6.33 Å². The van der Waals surface area contributed by atoms with Crippen molar-refractivity contribution >= 4 is 16.9 Å². The van der Waals surface area contributed by atoms with Crippen LogP contribution in [-0.4, -0.2) is 45.6 Å². The molecule has 0 spiro atoms. The molecule has 1 unspecified atom stereocenters. The van der Waals surface area contributed by atoms with Crippen LogP contribution in [0, 0.1) is 5.92 Å². The van der Waals surface area contributed by atoms with E-state index in [1.54, 1.807) is 0 Å². The van der Waals surface area contributed by atoms with Crippen molar-refractivity contribution in [1.29, 1.82) is 0 Å². The van der Waals surface area contributed by atoms with Crippen molar-refractivity contribution in [2.24, 2.45) is 5.92 Å². The fraction of sp³-hybridized carbons (Fsp3) is 0.455. The van der Waals surface area contributed by atoms with Crippen LogP contribution in [0.2, 0.25) is 0 Å². The molecule has 0 radical (unpaired) electrons. The maximum Gasteiger partial charge on any atom is 0.146 e. The molecule has 2 aromatic heterocycles. The number of ether oxygens (including phenoxy) is 2. The summed E-state index contributed by atoms with van der Waals surface area (Å²) in [4.78, 5) is 8.73. The number of nitrogens with zero attached hydrogens (tertiary/aromatic N) is 3. The molecular formula is C22H26N4O3. The van der Waals surface area contributed by atoms with Gasteiger partial charge < -0.3 is 24.9 Å². The van der Waals surface area contributed by atoms with E-state index in [0.717, 1.165) is 60.2 Å². The van der Waals surface area contributed by atoms with E-state index in [1.807, 2.05) is 18.2 Å². The van der Waals surface area contributed by atoms with Gasteiger partial charge in [-0.05, 0) is 49.3 Å². The van der Waals surface area contributed by atoms with Gasteiger partial charge in [0.25, 0.3) is 0 Å². The van der Waals surface area contributed by atoms with Gasteiger partial charge in [0.1, 0.15) is 30.1 Å². The van der Waals surface area contributed by atoms with Crippen LogP contribution >= 0.6 is 0 Å². The van der Waals surface area contributed by atoms with Crippen LogP contribution in [0.15, 0.2) is 36.8 Å². The summed E-state index contributed by atoms with van der Waals surface area (Å²) in [6.45, 7) is 1.63. The zero-order chi connectivity index (χ0) is 19.8.